The first-order valence-electron chi connectivity index (χ1n) is 5.50. The lowest BCUT2D eigenvalue weighted by Gasteiger charge is -2.21. The average Bonchev–Trinajstić information content (AvgIpc) is 2.76. The largest absolute Gasteiger partial charge is 0.453 e. The molecular weight excluding hydrogens is 318 g/mol. The van der Waals surface area contributed by atoms with Gasteiger partial charge in [0.05, 0.1) is 12.4 Å². The van der Waals surface area contributed by atoms with Gasteiger partial charge >= 0.3 is 0 Å². The maximum absolute atomic E-state index is 10.4. The highest BCUT2D eigenvalue weighted by molar-refractivity contribution is 9.10. The third-order valence-corrected chi connectivity index (χ3v) is 3.68. The average molecular weight is 331 g/mol. The quantitative estimate of drug-likeness (QED) is 0.902. The molecule has 2 rings (SSSR count). The van der Waals surface area contributed by atoms with Crippen LogP contribution in [0.5, 0.6) is 0 Å². The fourth-order valence-corrected chi connectivity index (χ4v) is 2.56. The number of aliphatic hydroxyl groups is 1. The minimum Gasteiger partial charge on any atom is -0.453 e. The van der Waals surface area contributed by atoms with Gasteiger partial charge in [-0.2, -0.15) is 0 Å². The van der Waals surface area contributed by atoms with Gasteiger partial charge in [-0.05, 0) is 35.4 Å². The minimum absolute atomic E-state index is 0.205. The summed E-state index contributed by atoms with van der Waals surface area (Å²) in [5, 5.41) is 10.6. The second kappa shape index (κ2) is 5.89. The van der Waals surface area contributed by atoms with E-state index in [1.807, 2.05) is 24.3 Å². The first-order valence-corrected chi connectivity index (χ1v) is 6.67. The zero-order valence-electron chi connectivity index (χ0n) is 9.51. The van der Waals surface area contributed by atoms with Gasteiger partial charge in [-0.15, -0.1) is 0 Å². The summed E-state index contributed by atoms with van der Waals surface area (Å²) >= 11 is 9.28. The highest BCUT2D eigenvalue weighted by Gasteiger charge is 2.24. The second-order valence-electron chi connectivity index (χ2n) is 3.99. The van der Waals surface area contributed by atoms with E-state index in [-0.39, 0.29) is 11.1 Å². The van der Waals surface area contributed by atoms with Crippen molar-refractivity contribution in [1.82, 2.24) is 0 Å². The number of rotatable bonds is 4. The Hall–Kier alpha value is -0.810. The van der Waals surface area contributed by atoms with Gasteiger partial charge in [0.15, 0.2) is 5.22 Å². The molecule has 0 radical (unpaired) electrons. The Morgan fingerprint density at radius 1 is 1.39 bits per heavy atom. The summed E-state index contributed by atoms with van der Waals surface area (Å²) in [6.45, 7) is 0.319. The molecule has 3 N–H and O–H groups in total. The molecular formula is C13H13BrClNO2. The van der Waals surface area contributed by atoms with Crippen LogP contribution in [-0.4, -0.2) is 11.7 Å². The molecule has 2 aromatic rings. The highest BCUT2D eigenvalue weighted by Crippen LogP contribution is 2.35. The summed E-state index contributed by atoms with van der Waals surface area (Å²) in [6.07, 6.45) is 0.672. The van der Waals surface area contributed by atoms with Crippen molar-refractivity contribution in [3.63, 3.8) is 0 Å². The minimum atomic E-state index is -0.782. The van der Waals surface area contributed by atoms with Crippen molar-refractivity contribution in [3.8, 4) is 0 Å². The Balaban J connectivity index is 2.32. The number of nitrogens with two attached hydrogens (primary N) is 1. The molecule has 5 heteroatoms. The van der Waals surface area contributed by atoms with E-state index in [1.54, 1.807) is 6.07 Å². The van der Waals surface area contributed by atoms with E-state index >= 15 is 0 Å². The summed E-state index contributed by atoms with van der Waals surface area (Å²) in [5.41, 5.74) is 7.28. The molecule has 0 spiro atoms. The van der Waals surface area contributed by atoms with Crippen LogP contribution < -0.4 is 5.73 Å². The van der Waals surface area contributed by atoms with Crippen molar-refractivity contribution in [1.29, 1.82) is 0 Å². The summed E-state index contributed by atoms with van der Waals surface area (Å²) in [4.78, 5) is 0. The van der Waals surface area contributed by atoms with Gasteiger partial charge in [0.25, 0.3) is 0 Å². The maximum Gasteiger partial charge on any atom is 0.198 e. The van der Waals surface area contributed by atoms with Gasteiger partial charge in [-0.1, -0.05) is 28.1 Å². The molecule has 18 heavy (non-hydrogen) atoms. The molecule has 1 aromatic carbocycles. The standard InChI is InChI=1S/C13H13BrClNO2/c14-9-3-1-2-8(6-9)11(7-16)12(17)10-4-5-18-13(10)15/h1-6,11-12,17H,7,16H2. The fourth-order valence-electron chi connectivity index (χ4n) is 1.92. The van der Waals surface area contributed by atoms with Crippen molar-refractivity contribution in [2.75, 3.05) is 6.54 Å². The van der Waals surface area contributed by atoms with E-state index in [0.717, 1.165) is 10.0 Å². The van der Waals surface area contributed by atoms with Crippen LogP contribution in [-0.2, 0) is 0 Å². The van der Waals surface area contributed by atoms with E-state index in [4.69, 9.17) is 21.8 Å². The van der Waals surface area contributed by atoms with Gasteiger partial charge in [0.2, 0.25) is 0 Å². The maximum atomic E-state index is 10.4. The zero-order valence-corrected chi connectivity index (χ0v) is 11.9. The van der Waals surface area contributed by atoms with Crippen molar-refractivity contribution >= 4 is 27.5 Å². The third-order valence-electron chi connectivity index (χ3n) is 2.88. The predicted octanol–water partition coefficient (Wildman–Crippen LogP) is 3.47. The van der Waals surface area contributed by atoms with Crippen LogP contribution in [0.25, 0.3) is 0 Å². The monoisotopic (exact) mass is 329 g/mol. The molecule has 2 atom stereocenters. The Bertz CT molecular complexity index is 529. The number of hydrogen-bond donors (Lipinski definition) is 2. The van der Waals surface area contributed by atoms with Gasteiger partial charge in [-0.3, -0.25) is 0 Å². The van der Waals surface area contributed by atoms with Crippen molar-refractivity contribution < 1.29 is 9.52 Å². The molecule has 0 saturated heterocycles. The van der Waals surface area contributed by atoms with Crippen LogP contribution in [0.3, 0.4) is 0 Å². The van der Waals surface area contributed by atoms with E-state index in [2.05, 4.69) is 15.9 Å². The molecule has 1 aromatic heterocycles. The van der Waals surface area contributed by atoms with Gasteiger partial charge in [-0.25, -0.2) is 0 Å². The smallest absolute Gasteiger partial charge is 0.198 e. The molecule has 0 aliphatic carbocycles. The third kappa shape index (κ3) is 2.78. The molecule has 0 aliphatic rings. The van der Waals surface area contributed by atoms with E-state index in [0.29, 0.717) is 12.1 Å². The van der Waals surface area contributed by atoms with E-state index < -0.39 is 6.10 Å². The number of halogens is 2. The van der Waals surface area contributed by atoms with Crippen molar-refractivity contribution in [3.05, 3.63) is 57.4 Å². The topological polar surface area (TPSA) is 59.4 Å². The number of hydrogen-bond acceptors (Lipinski definition) is 3. The molecule has 0 aliphatic heterocycles. The van der Waals surface area contributed by atoms with Gasteiger partial charge < -0.3 is 15.3 Å². The van der Waals surface area contributed by atoms with Crippen LogP contribution in [0.15, 0.2) is 45.5 Å². The van der Waals surface area contributed by atoms with Crippen LogP contribution >= 0.6 is 27.5 Å². The molecule has 3 nitrogen and oxygen atoms in total. The van der Waals surface area contributed by atoms with Crippen molar-refractivity contribution in [2.24, 2.45) is 5.73 Å². The summed E-state index contributed by atoms with van der Waals surface area (Å²) < 4.78 is 5.94. The Morgan fingerprint density at radius 3 is 2.72 bits per heavy atom. The van der Waals surface area contributed by atoms with Gasteiger partial charge in [0.1, 0.15) is 0 Å². The van der Waals surface area contributed by atoms with Crippen molar-refractivity contribution in [2.45, 2.75) is 12.0 Å². The number of furan rings is 1. The van der Waals surface area contributed by atoms with E-state index in [1.165, 1.54) is 6.26 Å². The van der Waals surface area contributed by atoms with Crippen LogP contribution in [0, 0.1) is 0 Å². The first-order chi connectivity index (χ1) is 8.63. The normalized spacial score (nSPS) is 14.4. The summed E-state index contributed by atoms with van der Waals surface area (Å²) in [6, 6.07) is 9.36. The SMILES string of the molecule is NCC(c1cccc(Br)c1)C(O)c1ccoc1Cl. The Kier molecular flexibility index (Phi) is 4.45. The lowest BCUT2D eigenvalue weighted by Crippen LogP contribution is -2.20. The first kappa shape index (κ1) is 13.6. The molecule has 0 fully saturated rings. The molecule has 2 unspecified atom stereocenters. The number of aliphatic hydroxyl groups excluding tert-OH is 1. The van der Waals surface area contributed by atoms with Gasteiger partial charge in [0, 0.05) is 22.5 Å². The number of benzene rings is 1. The molecule has 96 valence electrons. The van der Waals surface area contributed by atoms with Crippen LogP contribution in [0.4, 0.5) is 0 Å². The van der Waals surface area contributed by atoms with E-state index in [9.17, 15) is 5.11 Å². The molecule has 1 heterocycles. The zero-order chi connectivity index (χ0) is 13.1. The molecule has 0 bridgehead atoms. The Labute approximate surface area is 119 Å². The molecule has 0 amide bonds. The highest BCUT2D eigenvalue weighted by atomic mass is 79.9. The van der Waals surface area contributed by atoms with Crippen LogP contribution in [0.1, 0.15) is 23.1 Å². The Morgan fingerprint density at radius 2 is 2.17 bits per heavy atom. The fraction of sp³-hybridized carbons (Fsp3) is 0.231. The summed E-state index contributed by atoms with van der Waals surface area (Å²) in [5.74, 6) is -0.224. The lowest BCUT2D eigenvalue weighted by atomic mass is 9.90. The summed E-state index contributed by atoms with van der Waals surface area (Å²) in [7, 11) is 0. The lowest BCUT2D eigenvalue weighted by molar-refractivity contribution is 0.147. The predicted molar refractivity (Wildman–Crippen MR) is 74.6 cm³/mol. The second-order valence-corrected chi connectivity index (χ2v) is 5.25. The van der Waals surface area contributed by atoms with Crippen LogP contribution in [0.2, 0.25) is 5.22 Å². The molecule has 0 saturated carbocycles.